The van der Waals surface area contributed by atoms with Crippen molar-refractivity contribution in [2.45, 2.75) is 6.54 Å². The molecule has 5 nitrogen and oxygen atoms in total. The molecule has 0 aliphatic rings. The topological polar surface area (TPSA) is 69.5 Å². The van der Waals surface area contributed by atoms with Crippen LogP contribution in [0.4, 0.5) is 10.5 Å². The standard InChI is InChI=1S/C13H13N3O2/c17-13(15-12-4-2-1-3-5-12)16(18)10-11-6-8-14-9-7-11/h1-9,16H,10H2,(H,15,17). The number of anilines is 1. The van der Waals surface area contributed by atoms with Gasteiger partial charge in [0.25, 0.3) is 0 Å². The number of hydrogen-bond donors (Lipinski definition) is 2. The number of amides is 2. The molecule has 1 heterocycles. The Morgan fingerprint density at radius 2 is 1.83 bits per heavy atom. The third-order valence-electron chi connectivity index (χ3n) is 2.40. The second-order valence-electron chi connectivity index (χ2n) is 3.78. The fourth-order valence-corrected chi connectivity index (χ4v) is 1.49. The first-order valence-corrected chi connectivity index (χ1v) is 5.54. The first-order valence-electron chi connectivity index (χ1n) is 5.54. The van der Waals surface area contributed by atoms with Gasteiger partial charge in [0.15, 0.2) is 0 Å². The van der Waals surface area contributed by atoms with Crippen molar-refractivity contribution in [1.82, 2.24) is 4.98 Å². The van der Waals surface area contributed by atoms with Crippen LogP contribution in [0.15, 0.2) is 54.9 Å². The summed E-state index contributed by atoms with van der Waals surface area (Å²) in [5, 5.41) is 13.8. The quantitative estimate of drug-likeness (QED) is 0.796. The normalized spacial score (nSPS) is 11.8. The first kappa shape index (κ1) is 12.2. The van der Waals surface area contributed by atoms with Crippen molar-refractivity contribution in [2.24, 2.45) is 0 Å². The van der Waals surface area contributed by atoms with Gasteiger partial charge < -0.3 is 5.21 Å². The van der Waals surface area contributed by atoms with E-state index in [2.05, 4.69) is 10.3 Å². The molecule has 2 N–H and O–H groups in total. The minimum Gasteiger partial charge on any atom is -0.625 e. The number of pyridine rings is 1. The summed E-state index contributed by atoms with van der Waals surface area (Å²) in [6, 6.07) is 11.7. The van der Waals surface area contributed by atoms with E-state index in [0.717, 1.165) is 5.56 Å². The number of benzene rings is 1. The van der Waals surface area contributed by atoms with Crippen LogP contribution in [0.5, 0.6) is 0 Å². The summed E-state index contributed by atoms with van der Waals surface area (Å²) in [6.07, 6.45) is 3.19. The second-order valence-corrected chi connectivity index (χ2v) is 3.78. The molecule has 0 saturated heterocycles. The summed E-state index contributed by atoms with van der Waals surface area (Å²) in [5.74, 6) is 0. The molecule has 1 aromatic carbocycles. The average Bonchev–Trinajstić information content (AvgIpc) is 2.41. The summed E-state index contributed by atoms with van der Waals surface area (Å²) < 4.78 is 0. The van der Waals surface area contributed by atoms with Gasteiger partial charge in [-0.25, -0.2) is 4.79 Å². The minimum absolute atomic E-state index is 0.0845. The third-order valence-corrected chi connectivity index (χ3v) is 2.40. The predicted octanol–water partition coefficient (Wildman–Crippen LogP) is 1.20. The molecule has 18 heavy (non-hydrogen) atoms. The van der Waals surface area contributed by atoms with E-state index in [1.807, 2.05) is 6.07 Å². The lowest BCUT2D eigenvalue weighted by molar-refractivity contribution is -0.771. The van der Waals surface area contributed by atoms with Crippen LogP contribution in [-0.2, 0) is 6.54 Å². The minimum atomic E-state index is -0.599. The summed E-state index contributed by atoms with van der Waals surface area (Å²) in [7, 11) is 0. The third kappa shape index (κ3) is 3.38. The van der Waals surface area contributed by atoms with E-state index in [1.54, 1.807) is 48.8 Å². The van der Waals surface area contributed by atoms with Gasteiger partial charge in [0.05, 0.1) is 0 Å². The van der Waals surface area contributed by atoms with Crippen LogP contribution in [0.3, 0.4) is 0 Å². The molecule has 0 spiro atoms. The SMILES string of the molecule is O=C(Nc1ccccc1)[NH+]([O-])Cc1ccncc1. The van der Waals surface area contributed by atoms with Gasteiger partial charge in [-0.05, 0) is 24.3 Å². The highest BCUT2D eigenvalue weighted by molar-refractivity contribution is 5.82. The largest absolute Gasteiger partial charge is 0.625 e. The van der Waals surface area contributed by atoms with Crippen LogP contribution in [0, 0.1) is 5.21 Å². The Bertz CT molecular complexity index is 502. The molecule has 5 heteroatoms. The Morgan fingerprint density at radius 3 is 2.50 bits per heavy atom. The van der Waals surface area contributed by atoms with Crippen LogP contribution in [-0.4, -0.2) is 11.0 Å². The molecule has 0 fully saturated rings. The maximum Gasteiger partial charge on any atom is 0.419 e. The molecule has 1 aromatic heterocycles. The van der Waals surface area contributed by atoms with Gasteiger partial charge in [-0.2, -0.15) is 0 Å². The van der Waals surface area contributed by atoms with Crippen LogP contribution in [0.1, 0.15) is 5.56 Å². The zero-order valence-electron chi connectivity index (χ0n) is 9.67. The lowest BCUT2D eigenvalue weighted by Gasteiger charge is -2.19. The number of nitrogens with one attached hydrogen (secondary N) is 2. The Hall–Kier alpha value is -2.24. The lowest BCUT2D eigenvalue weighted by Crippen LogP contribution is -3.09. The fourth-order valence-electron chi connectivity index (χ4n) is 1.49. The van der Waals surface area contributed by atoms with Crippen molar-refractivity contribution in [1.29, 1.82) is 0 Å². The molecular weight excluding hydrogens is 230 g/mol. The molecule has 0 saturated carbocycles. The van der Waals surface area contributed by atoms with Gasteiger partial charge in [0.1, 0.15) is 6.54 Å². The molecule has 0 aliphatic carbocycles. The summed E-state index contributed by atoms with van der Waals surface area (Å²) in [4.78, 5) is 15.5. The fraction of sp³-hybridized carbons (Fsp3) is 0.0769. The molecule has 0 bridgehead atoms. The predicted molar refractivity (Wildman–Crippen MR) is 67.7 cm³/mol. The van der Waals surface area contributed by atoms with Gasteiger partial charge in [-0.1, -0.05) is 18.2 Å². The molecule has 92 valence electrons. The Kier molecular flexibility index (Phi) is 4.01. The van der Waals surface area contributed by atoms with Crippen LogP contribution < -0.4 is 10.4 Å². The number of hydrogen-bond acceptors (Lipinski definition) is 3. The van der Waals surface area contributed by atoms with Crippen molar-refractivity contribution in [3.8, 4) is 0 Å². The zero-order chi connectivity index (χ0) is 12.8. The van der Waals surface area contributed by atoms with Crippen molar-refractivity contribution in [3.63, 3.8) is 0 Å². The van der Waals surface area contributed by atoms with E-state index in [4.69, 9.17) is 0 Å². The lowest BCUT2D eigenvalue weighted by atomic mass is 10.3. The molecule has 2 aromatic rings. The molecule has 1 unspecified atom stereocenters. The number of hydroxylamine groups is 2. The maximum absolute atomic E-state index is 11.7. The number of carbonyl (C=O) groups is 1. The van der Waals surface area contributed by atoms with Gasteiger partial charge in [-0.15, -0.1) is 0 Å². The number of urea groups is 1. The van der Waals surface area contributed by atoms with Crippen LogP contribution in [0.2, 0.25) is 0 Å². The van der Waals surface area contributed by atoms with Crippen LogP contribution in [0.25, 0.3) is 0 Å². The maximum atomic E-state index is 11.7. The van der Waals surface area contributed by atoms with E-state index in [-0.39, 0.29) is 6.54 Å². The zero-order valence-corrected chi connectivity index (χ0v) is 9.67. The van der Waals surface area contributed by atoms with E-state index >= 15 is 0 Å². The van der Waals surface area contributed by atoms with Crippen LogP contribution >= 0.6 is 0 Å². The summed E-state index contributed by atoms with van der Waals surface area (Å²) >= 11 is 0. The van der Waals surface area contributed by atoms with E-state index < -0.39 is 11.1 Å². The first-order chi connectivity index (χ1) is 8.75. The van der Waals surface area contributed by atoms with Crippen molar-refractivity contribution in [3.05, 3.63) is 65.6 Å². The Labute approximate surface area is 105 Å². The number of quaternary nitrogens is 1. The van der Waals surface area contributed by atoms with Crippen molar-refractivity contribution in [2.75, 3.05) is 5.32 Å². The molecule has 2 rings (SSSR count). The highest BCUT2D eigenvalue weighted by Crippen LogP contribution is 2.03. The smallest absolute Gasteiger partial charge is 0.419 e. The van der Waals surface area contributed by atoms with E-state index in [1.165, 1.54) is 0 Å². The van der Waals surface area contributed by atoms with Gasteiger partial charge in [0, 0.05) is 23.6 Å². The number of aromatic nitrogens is 1. The monoisotopic (exact) mass is 243 g/mol. The number of nitrogens with zero attached hydrogens (tertiary/aromatic N) is 1. The number of para-hydroxylation sites is 1. The Balaban J connectivity index is 1.93. The highest BCUT2D eigenvalue weighted by Gasteiger charge is 2.11. The summed E-state index contributed by atoms with van der Waals surface area (Å²) in [6.45, 7) is 0.0845. The molecule has 0 radical (unpaired) electrons. The highest BCUT2D eigenvalue weighted by atomic mass is 16.5. The van der Waals surface area contributed by atoms with E-state index in [9.17, 15) is 10.0 Å². The second kappa shape index (κ2) is 5.90. The molecular formula is C13H13N3O2. The molecule has 0 aliphatic heterocycles. The van der Waals surface area contributed by atoms with Crippen molar-refractivity contribution < 1.29 is 9.86 Å². The van der Waals surface area contributed by atoms with E-state index in [0.29, 0.717) is 5.69 Å². The van der Waals surface area contributed by atoms with Gasteiger partial charge in [0.2, 0.25) is 0 Å². The average molecular weight is 243 g/mol. The summed E-state index contributed by atoms with van der Waals surface area (Å²) in [5.41, 5.74) is 1.39. The Morgan fingerprint density at radius 1 is 1.17 bits per heavy atom. The van der Waals surface area contributed by atoms with Gasteiger partial charge >= 0.3 is 6.03 Å². The number of rotatable bonds is 3. The van der Waals surface area contributed by atoms with Crippen molar-refractivity contribution >= 4 is 11.7 Å². The number of carbonyl (C=O) groups excluding carboxylic acids is 1. The molecule has 2 amide bonds. The molecule has 1 atom stereocenters. The van der Waals surface area contributed by atoms with Gasteiger partial charge in [-0.3, -0.25) is 15.4 Å².